The number of benzene rings is 3. The van der Waals surface area contributed by atoms with Crippen LogP contribution >= 0.6 is 0 Å². The first kappa shape index (κ1) is 25.5. The van der Waals surface area contributed by atoms with Crippen molar-refractivity contribution in [1.29, 1.82) is 0 Å². The fraction of sp³-hybridized carbons (Fsp3) is 0.355. The zero-order valence-electron chi connectivity index (χ0n) is 21.5. The molecule has 3 aromatic carbocycles. The molecule has 1 aliphatic heterocycles. The predicted molar refractivity (Wildman–Crippen MR) is 148 cm³/mol. The van der Waals surface area contributed by atoms with Gasteiger partial charge < -0.3 is 15.1 Å². The SMILES string of the molecule is CCCCCc1ccc(C(=O)Nc2ccc(N3CCN(C(=O)Cc4cccc(C)c4)CC3)cc2)cc1. The van der Waals surface area contributed by atoms with E-state index in [-0.39, 0.29) is 11.8 Å². The maximum atomic E-state index is 12.7. The molecule has 0 saturated carbocycles. The highest BCUT2D eigenvalue weighted by Gasteiger charge is 2.21. The number of hydrogen-bond donors (Lipinski definition) is 1. The Balaban J connectivity index is 1.25. The van der Waals surface area contributed by atoms with Crippen LogP contribution < -0.4 is 10.2 Å². The number of piperazine rings is 1. The first-order valence-corrected chi connectivity index (χ1v) is 13.1. The lowest BCUT2D eigenvalue weighted by Crippen LogP contribution is -2.49. The van der Waals surface area contributed by atoms with Gasteiger partial charge in [0.15, 0.2) is 0 Å². The summed E-state index contributed by atoms with van der Waals surface area (Å²) < 4.78 is 0. The van der Waals surface area contributed by atoms with Gasteiger partial charge in [0.2, 0.25) is 5.91 Å². The van der Waals surface area contributed by atoms with Crippen LogP contribution in [0, 0.1) is 6.92 Å². The number of nitrogens with one attached hydrogen (secondary N) is 1. The molecule has 0 unspecified atom stereocenters. The van der Waals surface area contributed by atoms with E-state index in [1.807, 2.05) is 53.4 Å². The highest BCUT2D eigenvalue weighted by atomic mass is 16.2. The Morgan fingerprint density at radius 2 is 1.56 bits per heavy atom. The Morgan fingerprint density at radius 3 is 2.22 bits per heavy atom. The van der Waals surface area contributed by atoms with E-state index < -0.39 is 0 Å². The van der Waals surface area contributed by atoms with Gasteiger partial charge in [-0.05, 0) is 67.3 Å². The number of carbonyl (C=O) groups excluding carboxylic acids is 2. The number of carbonyl (C=O) groups is 2. The molecule has 3 aromatic rings. The van der Waals surface area contributed by atoms with Gasteiger partial charge in [0.25, 0.3) is 5.91 Å². The van der Waals surface area contributed by atoms with E-state index in [0.29, 0.717) is 12.0 Å². The lowest BCUT2D eigenvalue weighted by atomic mass is 10.1. The summed E-state index contributed by atoms with van der Waals surface area (Å²) in [5, 5.41) is 3.00. The van der Waals surface area contributed by atoms with E-state index in [1.165, 1.54) is 30.4 Å². The van der Waals surface area contributed by atoms with Gasteiger partial charge >= 0.3 is 0 Å². The van der Waals surface area contributed by atoms with Crippen molar-refractivity contribution in [3.63, 3.8) is 0 Å². The number of nitrogens with zero attached hydrogens (tertiary/aromatic N) is 2. The smallest absolute Gasteiger partial charge is 0.255 e. The first-order chi connectivity index (χ1) is 17.5. The Labute approximate surface area is 215 Å². The number of amides is 2. The van der Waals surface area contributed by atoms with Gasteiger partial charge in [-0.15, -0.1) is 0 Å². The monoisotopic (exact) mass is 483 g/mol. The average Bonchev–Trinajstić information content (AvgIpc) is 2.90. The second kappa shape index (κ2) is 12.4. The topological polar surface area (TPSA) is 52.7 Å². The Bertz CT molecular complexity index is 1150. The van der Waals surface area contributed by atoms with Crippen molar-refractivity contribution in [2.75, 3.05) is 36.4 Å². The Kier molecular flexibility index (Phi) is 8.77. The van der Waals surface area contributed by atoms with Crippen LogP contribution in [0.5, 0.6) is 0 Å². The molecular weight excluding hydrogens is 446 g/mol. The molecule has 5 nitrogen and oxygen atoms in total. The third-order valence-corrected chi connectivity index (χ3v) is 6.85. The molecule has 1 heterocycles. The Morgan fingerprint density at radius 1 is 0.833 bits per heavy atom. The van der Waals surface area contributed by atoms with Gasteiger partial charge in [-0.1, -0.05) is 61.7 Å². The maximum Gasteiger partial charge on any atom is 0.255 e. The summed E-state index contributed by atoms with van der Waals surface area (Å²) in [6, 6.07) is 24.1. The number of anilines is 2. The van der Waals surface area contributed by atoms with E-state index in [0.717, 1.165) is 49.5 Å². The summed E-state index contributed by atoms with van der Waals surface area (Å²) in [4.78, 5) is 29.6. The van der Waals surface area contributed by atoms with Crippen LogP contribution in [0.25, 0.3) is 0 Å². The zero-order chi connectivity index (χ0) is 25.3. The predicted octanol–water partition coefficient (Wildman–Crippen LogP) is 5.87. The summed E-state index contributed by atoms with van der Waals surface area (Å²) in [7, 11) is 0. The van der Waals surface area contributed by atoms with Crippen molar-refractivity contribution in [3.8, 4) is 0 Å². The molecule has 1 N–H and O–H groups in total. The Hall–Kier alpha value is -3.60. The van der Waals surface area contributed by atoms with Crippen LogP contribution in [0.1, 0.15) is 53.2 Å². The van der Waals surface area contributed by atoms with Gasteiger partial charge in [-0.25, -0.2) is 0 Å². The molecular formula is C31H37N3O2. The number of unbranched alkanes of at least 4 members (excludes halogenated alkanes) is 2. The van der Waals surface area contributed by atoms with Gasteiger partial charge in [0.1, 0.15) is 0 Å². The molecule has 5 heteroatoms. The van der Waals surface area contributed by atoms with Crippen molar-refractivity contribution in [2.24, 2.45) is 0 Å². The van der Waals surface area contributed by atoms with Crippen molar-refractivity contribution >= 4 is 23.2 Å². The maximum absolute atomic E-state index is 12.7. The van der Waals surface area contributed by atoms with Crippen LogP contribution in [0.3, 0.4) is 0 Å². The van der Waals surface area contributed by atoms with Crippen LogP contribution in [0.2, 0.25) is 0 Å². The molecule has 36 heavy (non-hydrogen) atoms. The van der Waals surface area contributed by atoms with Crippen molar-refractivity contribution < 1.29 is 9.59 Å². The molecule has 0 spiro atoms. The van der Waals surface area contributed by atoms with Gasteiger partial charge in [0.05, 0.1) is 6.42 Å². The molecule has 188 valence electrons. The van der Waals surface area contributed by atoms with Crippen LogP contribution in [0.4, 0.5) is 11.4 Å². The standard InChI is InChI=1S/C31H37N3O2/c1-3-4-5-8-25-10-12-27(13-11-25)31(36)32-28-14-16-29(17-15-28)33-18-20-34(21-19-33)30(35)23-26-9-6-7-24(2)22-26/h6-7,9-17,22H,3-5,8,18-21,23H2,1-2H3,(H,32,36). The summed E-state index contributed by atoms with van der Waals surface area (Å²) in [6.07, 6.45) is 5.15. The van der Waals surface area contributed by atoms with Crippen LogP contribution in [-0.4, -0.2) is 42.9 Å². The molecule has 2 amide bonds. The molecule has 0 aromatic heterocycles. The second-order valence-corrected chi connectivity index (χ2v) is 9.69. The van der Waals surface area contributed by atoms with Crippen LogP contribution in [0.15, 0.2) is 72.8 Å². The molecule has 1 fully saturated rings. The van der Waals surface area contributed by atoms with Gasteiger partial charge in [-0.3, -0.25) is 9.59 Å². The lowest BCUT2D eigenvalue weighted by Gasteiger charge is -2.36. The fourth-order valence-corrected chi connectivity index (χ4v) is 4.68. The minimum Gasteiger partial charge on any atom is -0.368 e. The first-order valence-electron chi connectivity index (χ1n) is 13.1. The van der Waals surface area contributed by atoms with Crippen molar-refractivity contribution in [3.05, 3.63) is 95.1 Å². The van der Waals surface area contributed by atoms with E-state index in [2.05, 4.69) is 48.3 Å². The summed E-state index contributed by atoms with van der Waals surface area (Å²) in [6.45, 7) is 7.30. The highest BCUT2D eigenvalue weighted by Crippen LogP contribution is 2.21. The summed E-state index contributed by atoms with van der Waals surface area (Å²) in [5.74, 6) is 0.0934. The number of rotatable bonds is 9. The molecule has 1 aliphatic rings. The molecule has 1 saturated heterocycles. The summed E-state index contributed by atoms with van der Waals surface area (Å²) in [5.41, 5.74) is 6.09. The fourth-order valence-electron chi connectivity index (χ4n) is 4.68. The minimum absolute atomic E-state index is 0.0939. The number of aryl methyl sites for hydroxylation is 2. The van der Waals surface area contributed by atoms with E-state index >= 15 is 0 Å². The van der Waals surface area contributed by atoms with E-state index in [1.54, 1.807) is 0 Å². The molecule has 0 atom stereocenters. The minimum atomic E-state index is -0.0939. The molecule has 0 bridgehead atoms. The van der Waals surface area contributed by atoms with E-state index in [4.69, 9.17) is 0 Å². The quantitative estimate of drug-likeness (QED) is 0.387. The third kappa shape index (κ3) is 6.97. The lowest BCUT2D eigenvalue weighted by molar-refractivity contribution is -0.130. The zero-order valence-corrected chi connectivity index (χ0v) is 21.5. The van der Waals surface area contributed by atoms with Crippen molar-refractivity contribution in [1.82, 2.24) is 4.90 Å². The molecule has 0 radical (unpaired) electrons. The molecule has 4 rings (SSSR count). The van der Waals surface area contributed by atoms with Crippen molar-refractivity contribution in [2.45, 2.75) is 46.0 Å². The normalized spacial score (nSPS) is 13.5. The van der Waals surface area contributed by atoms with Gasteiger partial charge in [0, 0.05) is 43.1 Å². The largest absolute Gasteiger partial charge is 0.368 e. The summed E-state index contributed by atoms with van der Waals surface area (Å²) >= 11 is 0. The van der Waals surface area contributed by atoms with E-state index in [9.17, 15) is 9.59 Å². The third-order valence-electron chi connectivity index (χ3n) is 6.85. The molecule has 0 aliphatic carbocycles. The van der Waals surface area contributed by atoms with Crippen LogP contribution in [-0.2, 0) is 17.6 Å². The average molecular weight is 484 g/mol. The second-order valence-electron chi connectivity index (χ2n) is 9.69. The highest BCUT2D eigenvalue weighted by molar-refractivity contribution is 6.04. The van der Waals surface area contributed by atoms with Gasteiger partial charge in [-0.2, -0.15) is 0 Å². The number of hydrogen-bond acceptors (Lipinski definition) is 3.